The van der Waals surface area contributed by atoms with Gasteiger partial charge in [0.1, 0.15) is 54.4 Å². The fraction of sp³-hybridized carbons (Fsp3) is 0.667. The first-order valence-electron chi connectivity index (χ1n) is 30.9. The predicted octanol–water partition coefficient (Wildman–Crippen LogP) is -0.405. The average molecular weight is 1220 g/mol. The number of aliphatic carboxylic acids is 1. The molecule has 4 heterocycles. The minimum atomic E-state index is -1.71. The lowest BCUT2D eigenvalue weighted by Crippen LogP contribution is -2.62. The van der Waals surface area contributed by atoms with Gasteiger partial charge in [-0.2, -0.15) is 0 Å². The topological polar surface area (TPSA) is 412 Å². The van der Waals surface area contributed by atoms with E-state index in [1.54, 1.807) is 26.0 Å². The molecule has 4 fully saturated rings. The van der Waals surface area contributed by atoms with Gasteiger partial charge in [-0.15, -0.1) is 0 Å². The Morgan fingerprint density at radius 3 is 1.87 bits per heavy atom. The number of aromatic nitrogens is 2. The molecule has 480 valence electrons. The van der Waals surface area contributed by atoms with E-state index in [0.29, 0.717) is 50.8 Å². The third-order valence-corrected chi connectivity index (χ3v) is 17.0. The third-order valence-electron chi connectivity index (χ3n) is 17.0. The fourth-order valence-corrected chi connectivity index (χ4v) is 12.4. The second-order valence-corrected chi connectivity index (χ2v) is 24.3. The van der Waals surface area contributed by atoms with Gasteiger partial charge >= 0.3 is 5.97 Å². The molecular weight excluding hydrogens is 1120 g/mol. The Morgan fingerprint density at radius 1 is 0.678 bits per heavy atom. The maximum atomic E-state index is 14.7. The van der Waals surface area contributed by atoms with Crippen LogP contribution >= 0.6 is 0 Å². The zero-order chi connectivity index (χ0) is 63.5. The lowest BCUT2D eigenvalue weighted by molar-refractivity contribution is -0.151. The van der Waals surface area contributed by atoms with E-state index < -0.39 is 126 Å². The number of carbonyl (C=O) groups excluding carboxylic acids is 9. The summed E-state index contributed by atoms with van der Waals surface area (Å²) in [6.07, 6.45) is 10.0. The minimum Gasteiger partial charge on any atom is -0.480 e. The average Bonchev–Trinajstić information content (AvgIpc) is 2.20. The van der Waals surface area contributed by atoms with Crippen molar-refractivity contribution in [1.82, 2.24) is 56.6 Å². The molecule has 6 rings (SSSR count). The van der Waals surface area contributed by atoms with Crippen molar-refractivity contribution in [3.05, 3.63) is 54.1 Å². The number of hydrogen-bond acceptors (Lipinski definition) is 14. The summed E-state index contributed by atoms with van der Waals surface area (Å²) >= 11 is 0. The van der Waals surface area contributed by atoms with E-state index in [2.05, 4.69) is 46.9 Å². The van der Waals surface area contributed by atoms with Crippen molar-refractivity contribution in [3.8, 4) is 0 Å². The second-order valence-electron chi connectivity index (χ2n) is 24.3. The summed E-state index contributed by atoms with van der Waals surface area (Å²) in [5.41, 5.74) is 18.5. The van der Waals surface area contributed by atoms with Crippen molar-refractivity contribution in [2.24, 2.45) is 39.9 Å². The van der Waals surface area contributed by atoms with Gasteiger partial charge < -0.3 is 79.0 Å². The number of aliphatic hydroxyl groups is 1. The number of fused-ring (bicyclic) bond motifs is 1. The number of unbranched alkanes of at least 4 members (excludes halogenated alkanes) is 1. The quantitative estimate of drug-likeness (QED) is 0.0260. The Bertz CT molecular complexity index is 2710. The maximum absolute atomic E-state index is 14.7. The highest BCUT2D eigenvalue weighted by Crippen LogP contribution is 2.40. The van der Waals surface area contributed by atoms with Gasteiger partial charge in [-0.25, -0.2) is 9.78 Å². The van der Waals surface area contributed by atoms with Gasteiger partial charge in [0.15, 0.2) is 5.96 Å². The molecule has 1 aliphatic carbocycles. The van der Waals surface area contributed by atoms with Crippen LogP contribution in [0.1, 0.15) is 142 Å². The summed E-state index contributed by atoms with van der Waals surface area (Å²) in [7, 11) is 0. The first kappa shape index (κ1) is 68.4. The molecule has 0 bridgehead atoms. The van der Waals surface area contributed by atoms with E-state index >= 15 is 0 Å². The second kappa shape index (κ2) is 32.9. The van der Waals surface area contributed by atoms with E-state index in [1.165, 1.54) is 27.2 Å². The SMILES string of the molecule is CCCC[C@H](N)C(=O)N1CCC[C@H]1C(=O)N[C@@H](CC(C)C)C(=O)N[C@@H](Cc1cnc[nH]1)C(=O)N[C@@H](CO)C(=O)N[C@@H](CCCN=C(N)N)C(=O)N[C@H](C(=O)N1CCC[C@H]1C(=O)N[C@@H](Cc1ccccc1)C(=O)N1C2CCCCC2C[C@H]1C(=O)O)C(C)C. The zero-order valence-electron chi connectivity index (χ0n) is 50.9. The number of H-pyrrole nitrogens is 1. The summed E-state index contributed by atoms with van der Waals surface area (Å²) in [4.78, 5) is 156. The van der Waals surface area contributed by atoms with Crippen molar-refractivity contribution in [1.29, 1.82) is 0 Å². The number of benzene rings is 1. The maximum Gasteiger partial charge on any atom is 0.326 e. The van der Waals surface area contributed by atoms with Gasteiger partial charge in [-0.3, -0.25) is 48.1 Å². The van der Waals surface area contributed by atoms with Gasteiger partial charge in [-0.1, -0.05) is 90.6 Å². The summed E-state index contributed by atoms with van der Waals surface area (Å²) < 4.78 is 0. The molecule has 3 aliphatic heterocycles. The van der Waals surface area contributed by atoms with Crippen LogP contribution in [-0.2, 0) is 60.8 Å². The van der Waals surface area contributed by atoms with Crippen LogP contribution in [0.3, 0.4) is 0 Å². The van der Waals surface area contributed by atoms with Crippen LogP contribution in [-0.4, -0.2) is 193 Å². The summed E-state index contributed by atoms with van der Waals surface area (Å²) in [6.45, 7) is 8.57. The number of likely N-dealkylation sites (tertiary alicyclic amines) is 3. The van der Waals surface area contributed by atoms with Gasteiger partial charge in [-0.05, 0) is 93.9 Å². The summed E-state index contributed by atoms with van der Waals surface area (Å²) in [5, 5.41) is 37.3. The van der Waals surface area contributed by atoms with E-state index in [-0.39, 0.29) is 81.4 Å². The summed E-state index contributed by atoms with van der Waals surface area (Å²) in [6, 6.07) is -3.13. The lowest BCUT2D eigenvalue weighted by Gasteiger charge is -2.36. The molecule has 0 spiro atoms. The van der Waals surface area contributed by atoms with Crippen molar-refractivity contribution < 1.29 is 58.2 Å². The zero-order valence-corrected chi connectivity index (χ0v) is 50.9. The molecule has 1 saturated carbocycles. The number of imidazole rings is 1. The van der Waals surface area contributed by atoms with Crippen molar-refractivity contribution >= 4 is 65.1 Å². The molecule has 27 nitrogen and oxygen atoms in total. The molecule has 12 atom stereocenters. The molecule has 15 N–H and O–H groups in total. The van der Waals surface area contributed by atoms with Crippen molar-refractivity contribution in [2.75, 3.05) is 26.2 Å². The number of amides is 9. The number of nitrogens with two attached hydrogens (primary N) is 3. The van der Waals surface area contributed by atoms with Gasteiger partial charge in [0.25, 0.3) is 0 Å². The fourth-order valence-electron chi connectivity index (χ4n) is 12.4. The summed E-state index contributed by atoms with van der Waals surface area (Å²) in [5.74, 6) is -8.15. The van der Waals surface area contributed by atoms with Crippen LogP contribution in [0, 0.1) is 17.8 Å². The Morgan fingerprint density at radius 2 is 1.28 bits per heavy atom. The third kappa shape index (κ3) is 18.9. The highest BCUT2D eigenvalue weighted by molar-refractivity contribution is 5.99. The smallest absolute Gasteiger partial charge is 0.326 e. The highest BCUT2D eigenvalue weighted by atomic mass is 16.4. The number of hydrogen-bond donors (Lipinski definition) is 12. The first-order chi connectivity index (χ1) is 41.5. The van der Waals surface area contributed by atoms with Gasteiger partial charge in [0.2, 0.25) is 53.2 Å². The number of rotatable bonds is 31. The number of guanidine groups is 1. The van der Waals surface area contributed by atoms with Crippen molar-refractivity contribution in [3.63, 3.8) is 0 Å². The number of carboxylic acid groups (broad SMARTS) is 1. The number of carbonyl (C=O) groups is 10. The van der Waals surface area contributed by atoms with Crippen LogP contribution in [0.5, 0.6) is 0 Å². The monoisotopic (exact) mass is 1220 g/mol. The molecule has 1 aromatic heterocycles. The molecule has 87 heavy (non-hydrogen) atoms. The minimum absolute atomic E-state index is 0.0247. The van der Waals surface area contributed by atoms with E-state index in [0.717, 1.165) is 37.7 Å². The number of nitrogens with one attached hydrogen (secondary N) is 7. The van der Waals surface area contributed by atoms with Crippen LogP contribution in [0.2, 0.25) is 0 Å². The Hall–Kier alpha value is -7.68. The number of aliphatic imine (C=N–C) groups is 1. The Labute approximate surface area is 508 Å². The lowest BCUT2D eigenvalue weighted by atomic mass is 9.84. The molecule has 2 aromatic rings. The molecule has 4 aliphatic rings. The van der Waals surface area contributed by atoms with Crippen LogP contribution in [0.15, 0.2) is 47.8 Å². The van der Waals surface area contributed by atoms with Crippen LogP contribution in [0.25, 0.3) is 0 Å². The number of nitrogens with zero attached hydrogens (tertiary/aromatic N) is 5. The van der Waals surface area contributed by atoms with Gasteiger partial charge in [0.05, 0.1) is 19.0 Å². The normalized spacial score (nSPS) is 21.5. The van der Waals surface area contributed by atoms with Gasteiger partial charge in [0, 0.05) is 50.4 Å². The molecular formula is C60H93N15O12. The molecule has 1 aromatic carbocycles. The number of aliphatic hydroxyl groups excluding tert-OH is 1. The molecule has 9 amide bonds. The predicted molar refractivity (Wildman–Crippen MR) is 321 cm³/mol. The molecule has 27 heteroatoms. The standard InChI is InChI=1S/C60H93N15O12/c1-6-7-19-39(61)56(83)73-25-14-22-46(73)54(81)69-41(27-34(2)3)51(78)68-42(30-38-31-64-33-66-38)52(79)71-44(32-76)53(80)67-40(20-13-24-65-60(62)63)50(77)72-49(35(4)5)58(85)74-26-15-23-47(74)55(82)70-43(28-36-16-9-8-10-17-36)57(84)75-45-21-12-11-18-37(45)29-48(75)59(86)87/h8-10,16-17,31,33-35,37,39-49,76H,6-7,11-15,18-30,32,61H2,1-5H3,(H,64,66)(H,67,80)(H,68,78)(H,69,81)(H,70,82)(H,71,79)(H,72,77)(H,86,87)(H4,62,63,65)/t37?,39-,40-,41-,42-,43-,44-,45?,46-,47-,48-,49-/m0/s1. The first-order valence-corrected chi connectivity index (χ1v) is 30.9. The molecule has 2 unspecified atom stereocenters. The number of aromatic amines is 1. The molecule has 0 radical (unpaired) electrons. The number of carboxylic acids is 1. The van der Waals surface area contributed by atoms with Crippen LogP contribution in [0.4, 0.5) is 0 Å². The van der Waals surface area contributed by atoms with E-state index in [1.807, 2.05) is 39.0 Å². The van der Waals surface area contributed by atoms with E-state index in [4.69, 9.17) is 17.2 Å². The molecule has 3 saturated heterocycles. The highest BCUT2D eigenvalue weighted by Gasteiger charge is 2.50. The van der Waals surface area contributed by atoms with E-state index in [9.17, 15) is 58.2 Å². The Kier molecular flexibility index (Phi) is 25.9. The Balaban J connectivity index is 1.16. The van der Waals surface area contributed by atoms with Crippen LogP contribution < -0.4 is 49.1 Å². The van der Waals surface area contributed by atoms with Crippen molar-refractivity contribution in [2.45, 2.75) is 210 Å². The largest absolute Gasteiger partial charge is 0.480 e.